The maximum atomic E-state index is 11.6. The minimum Gasteiger partial charge on any atom is -0.457 e. The van der Waals surface area contributed by atoms with Crippen molar-refractivity contribution in [2.75, 3.05) is 0 Å². The van der Waals surface area contributed by atoms with E-state index in [1.165, 1.54) is 11.1 Å². The quantitative estimate of drug-likeness (QED) is 0.580. The van der Waals surface area contributed by atoms with Gasteiger partial charge in [0, 0.05) is 29.4 Å². The number of ketones is 1. The number of fused-ring (bicyclic) bond motifs is 1. The molecule has 0 amide bonds. The van der Waals surface area contributed by atoms with E-state index < -0.39 is 0 Å². The van der Waals surface area contributed by atoms with Crippen molar-refractivity contribution in [3.63, 3.8) is 0 Å². The predicted molar refractivity (Wildman–Crippen MR) is 102 cm³/mol. The maximum Gasteiger partial charge on any atom is 0.138 e. The van der Waals surface area contributed by atoms with Crippen LogP contribution in [0.15, 0.2) is 42.6 Å². The molecule has 0 unspecified atom stereocenters. The van der Waals surface area contributed by atoms with Crippen molar-refractivity contribution in [1.29, 1.82) is 0 Å². The molecule has 0 atom stereocenters. The Morgan fingerprint density at radius 1 is 1.12 bits per heavy atom. The Labute approximate surface area is 152 Å². The van der Waals surface area contributed by atoms with E-state index in [0.29, 0.717) is 23.6 Å². The summed E-state index contributed by atoms with van der Waals surface area (Å²) in [5, 5.41) is 1.51. The number of Topliss-reactive ketones (excluding diaryl/α,β-unsaturated/α-hetero) is 1. The van der Waals surface area contributed by atoms with E-state index >= 15 is 0 Å². The molecule has 0 fully saturated rings. The summed E-state index contributed by atoms with van der Waals surface area (Å²) in [5.74, 6) is 1.55. The molecule has 0 aliphatic carbocycles. The van der Waals surface area contributed by atoms with Crippen LogP contribution in [0.3, 0.4) is 0 Å². The molecule has 0 saturated carbocycles. The summed E-state index contributed by atoms with van der Waals surface area (Å²) in [6, 6.07) is 11.4. The maximum absolute atomic E-state index is 11.6. The summed E-state index contributed by atoms with van der Waals surface area (Å²) in [6.45, 7) is 5.99. The van der Waals surface area contributed by atoms with Crippen molar-refractivity contribution in [2.45, 2.75) is 33.6 Å². The molecule has 1 aromatic heterocycles. The first-order valence-corrected chi connectivity index (χ1v) is 8.69. The van der Waals surface area contributed by atoms with Gasteiger partial charge in [0.25, 0.3) is 0 Å². The largest absolute Gasteiger partial charge is 0.457 e. The second-order valence-corrected chi connectivity index (χ2v) is 6.59. The molecule has 1 heterocycles. The number of halogens is 1. The van der Waals surface area contributed by atoms with Crippen LogP contribution in [-0.2, 0) is 11.2 Å². The number of carbonyl (C=O) groups excluding carboxylic acids is 1. The Bertz CT molecular complexity index is 950. The molecule has 3 aromatic rings. The van der Waals surface area contributed by atoms with Gasteiger partial charge in [-0.3, -0.25) is 9.78 Å². The molecule has 3 nitrogen and oxygen atoms in total. The van der Waals surface area contributed by atoms with Crippen LogP contribution in [0.2, 0.25) is 5.02 Å². The van der Waals surface area contributed by atoms with Gasteiger partial charge in [-0.05, 0) is 60.9 Å². The molecular weight excluding hydrogens is 334 g/mol. The Morgan fingerprint density at radius 3 is 2.60 bits per heavy atom. The molecule has 0 spiro atoms. The van der Waals surface area contributed by atoms with Crippen LogP contribution >= 0.6 is 11.6 Å². The monoisotopic (exact) mass is 353 g/mol. The van der Waals surface area contributed by atoms with Crippen LogP contribution in [0.25, 0.3) is 10.9 Å². The third kappa shape index (κ3) is 3.83. The molecule has 0 N–H and O–H groups in total. The number of nitrogens with zero attached hydrogens (tertiary/aromatic N) is 1. The fourth-order valence-electron chi connectivity index (χ4n) is 2.67. The number of carbonyl (C=O) groups is 1. The molecule has 3 rings (SSSR count). The van der Waals surface area contributed by atoms with Gasteiger partial charge in [-0.15, -0.1) is 0 Å². The number of rotatable bonds is 5. The van der Waals surface area contributed by atoms with E-state index in [1.807, 2.05) is 25.1 Å². The first kappa shape index (κ1) is 17.4. The van der Waals surface area contributed by atoms with Gasteiger partial charge in [0.05, 0.1) is 5.52 Å². The number of aryl methyl sites for hydroxylation is 2. The fourth-order valence-corrected chi connectivity index (χ4v) is 2.91. The summed E-state index contributed by atoms with van der Waals surface area (Å²) < 4.78 is 6.04. The lowest BCUT2D eigenvalue weighted by Gasteiger charge is -2.12. The van der Waals surface area contributed by atoms with Crippen molar-refractivity contribution >= 4 is 28.3 Å². The second kappa shape index (κ2) is 7.24. The molecule has 0 radical (unpaired) electrons. The van der Waals surface area contributed by atoms with Gasteiger partial charge in [-0.25, -0.2) is 0 Å². The molecule has 25 heavy (non-hydrogen) atoms. The highest BCUT2D eigenvalue weighted by atomic mass is 35.5. The number of benzene rings is 2. The predicted octanol–water partition coefficient (Wildman–Crippen LogP) is 5.82. The minimum atomic E-state index is 0.168. The summed E-state index contributed by atoms with van der Waals surface area (Å²) in [6.07, 6.45) is 2.60. The van der Waals surface area contributed by atoms with Crippen LogP contribution < -0.4 is 4.74 Å². The van der Waals surface area contributed by atoms with E-state index in [2.05, 4.69) is 31.0 Å². The molecule has 0 aliphatic heterocycles. The summed E-state index contributed by atoms with van der Waals surface area (Å²) in [5.41, 5.74) is 4.12. The van der Waals surface area contributed by atoms with Gasteiger partial charge in [0.1, 0.15) is 17.3 Å². The van der Waals surface area contributed by atoms with Crippen LogP contribution in [0.4, 0.5) is 0 Å². The number of pyridine rings is 1. The van der Waals surface area contributed by atoms with Crippen LogP contribution in [0.1, 0.15) is 30.0 Å². The number of aromatic nitrogens is 1. The van der Waals surface area contributed by atoms with Gasteiger partial charge >= 0.3 is 0 Å². The number of hydrogen-bond donors (Lipinski definition) is 0. The van der Waals surface area contributed by atoms with Crippen LogP contribution in [-0.4, -0.2) is 10.8 Å². The highest BCUT2D eigenvalue weighted by Crippen LogP contribution is 2.32. The molecule has 128 valence electrons. The summed E-state index contributed by atoms with van der Waals surface area (Å²) in [7, 11) is 0. The lowest BCUT2D eigenvalue weighted by atomic mass is 10.1. The molecular formula is C21H20ClNO2. The van der Waals surface area contributed by atoms with Crippen molar-refractivity contribution in [1.82, 2.24) is 4.98 Å². The summed E-state index contributed by atoms with van der Waals surface area (Å²) >= 11 is 6.32. The number of ether oxygens (including phenoxy) is 1. The zero-order chi connectivity index (χ0) is 18.0. The zero-order valence-corrected chi connectivity index (χ0v) is 15.4. The Balaban J connectivity index is 1.92. The summed E-state index contributed by atoms with van der Waals surface area (Å²) in [4.78, 5) is 16.0. The van der Waals surface area contributed by atoms with Gasteiger partial charge in [-0.1, -0.05) is 24.6 Å². The third-order valence-electron chi connectivity index (χ3n) is 4.35. The van der Waals surface area contributed by atoms with Crippen molar-refractivity contribution in [3.05, 3.63) is 64.3 Å². The zero-order valence-electron chi connectivity index (χ0n) is 14.6. The molecule has 0 bridgehead atoms. The van der Waals surface area contributed by atoms with Crippen molar-refractivity contribution in [3.8, 4) is 11.5 Å². The van der Waals surface area contributed by atoms with E-state index in [1.54, 1.807) is 12.3 Å². The third-order valence-corrected chi connectivity index (χ3v) is 4.70. The Hall–Kier alpha value is -2.39. The standard InChI is InChI=1S/C21H20ClNO2/c1-4-16(24)11-15-5-6-17(12-19(15)22)25-21-7-8-23-20-10-14(3)13(2)9-18(20)21/h5-10,12H,4,11H2,1-3H3. The number of hydrogen-bond acceptors (Lipinski definition) is 3. The van der Waals surface area contributed by atoms with Gasteiger partial charge in [0.15, 0.2) is 0 Å². The lowest BCUT2D eigenvalue weighted by molar-refractivity contribution is -0.118. The van der Waals surface area contributed by atoms with Gasteiger partial charge < -0.3 is 4.74 Å². The van der Waals surface area contributed by atoms with Gasteiger partial charge in [-0.2, -0.15) is 0 Å². The van der Waals surface area contributed by atoms with E-state index in [0.717, 1.165) is 22.2 Å². The smallest absolute Gasteiger partial charge is 0.138 e. The topological polar surface area (TPSA) is 39.2 Å². The highest BCUT2D eigenvalue weighted by Gasteiger charge is 2.10. The molecule has 4 heteroatoms. The van der Waals surface area contributed by atoms with E-state index in [-0.39, 0.29) is 5.78 Å². The van der Waals surface area contributed by atoms with Crippen LogP contribution in [0.5, 0.6) is 11.5 Å². The first-order valence-electron chi connectivity index (χ1n) is 8.32. The average molecular weight is 354 g/mol. The van der Waals surface area contributed by atoms with E-state index in [9.17, 15) is 4.79 Å². The SMILES string of the molecule is CCC(=O)Cc1ccc(Oc2ccnc3cc(C)c(C)cc23)cc1Cl. The molecule has 0 saturated heterocycles. The Morgan fingerprint density at radius 2 is 1.88 bits per heavy atom. The van der Waals surface area contributed by atoms with Gasteiger partial charge in [0.2, 0.25) is 0 Å². The minimum absolute atomic E-state index is 0.168. The highest BCUT2D eigenvalue weighted by molar-refractivity contribution is 6.31. The van der Waals surface area contributed by atoms with Crippen molar-refractivity contribution in [2.24, 2.45) is 0 Å². The first-order chi connectivity index (χ1) is 12.0. The fraction of sp³-hybridized carbons (Fsp3) is 0.238. The van der Waals surface area contributed by atoms with Crippen molar-refractivity contribution < 1.29 is 9.53 Å². The average Bonchev–Trinajstić information content (AvgIpc) is 2.59. The molecule has 0 aliphatic rings. The molecule has 2 aromatic carbocycles. The lowest BCUT2D eigenvalue weighted by Crippen LogP contribution is -2.01. The second-order valence-electron chi connectivity index (χ2n) is 6.19. The van der Waals surface area contributed by atoms with Crippen LogP contribution in [0, 0.1) is 13.8 Å². The van der Waals surface area contributed by atoms with E-state index in [4.69, 9.17) is 16.3 Å². The normalized spacial score (nSPS) is 10.9. The Kier molecular flexibility index (Phi) is 5.05.